The molecule has 0 nitrogen and oxygen atoms in total. The Morgan fingerprint density at radius 1 is 1.19 bits per heavy atom. The molecule has 0 N–H and O–H groups in total. The van der Waals surface area contributed by atoms with Crippen LogP contribution in [-0.2, 0) is 14.6 Å². The van der Waals surface area contributed by atoms with Gasteiger partial charge in [-0.3, -0.25) is 0 Å². The molecule has 0 aromatic carbocycles. The Kier molecular flexibility index (Phi) is 8.95. The second-order valence-electron chi connectivity index (χ2n) is 10.4. The second kappa shape index (κ2) is 8.68. The van der Waals surface area contributed by atoms with E-state index in [1.807, 2.05) is 3.88 Å². The summed E-state index contributed by atoms with van der Waals surface area (Å²) in [6, 6.07) is 0. The maximum absolute atomic E-state index is 2.84. The van der Waals surface area contributed by atoms with Gasteiger partial charge in [0.05, 0.1) is 0 Å². The van der Waals surface area contributed by atoms with Gasteiger partial charge in [-0.1, -0.05) is 0 Å². The molecule has 2 rings (SSSR count). The smallest absolute Gasteiger partial charge is 0.147 e. The Hall–Kier alpha value is 0.821. The zero-order chi connectivity index (χ0) is 18.4. The van der Waals surface area contributed by atoms with Crippen molar-refractivity contribution in [2.45, 2.75) is 73.1 Å². The maximum atomic E-state index is 2.74. The van der Waals surface area contributed by atoms with E-state index in [4.69, 9.17) is 0 Å². The topological polar surface area (TPSA) is 0 Å². The van der Waals surface area contributed by atoms with Gasteiger partial charge in [0.25, 0.3) is 0 Å². The fourth-order valence-electron chi connectivity index (χ4n) is 4.54. The van der Waals surface area contributed by atoms with E-state index in [0.29, 0.717) is 8.30 Å². The Morgan fingerprint density at radius 3 is 2.19 bits per heavy atom. The maximum Gasteiger partial charge on any atom is -0.147 e. The Morgan fingerprint density at radius 2 is 1.77 bits per heavy atom. The molecule has 0 bridgehead atoms. The van der Waals surface area contributed by atoms with Crippen LogP contribution in [0.15, 0.2) is 45.4 Å². The quantitative estimate of drug-likeness (QED) is 0.403. The van der Waals surface area contributed by atoms with Crippen LogP contribution in [0.4, 0.5) is 0 Å². The predicted molar refractivity (Wildman–Crippen MR) is 129 cm³/mol. The van der Waals surface area contributed by atoms with Crippen LogP contribution in [0.25, 0.3) is 0 Å². The molecule has 0 saturated heterocycles. The molecule has 2 aliphatic rings. The summed E-state index contributed by atoms with van der Waals surface area (Å²) in [6.45, 7) is 14.4. The van der Waals surface area contributed by atoms with Crippen molar-refractivity contribution in [1.29, 1.82) is 0 Å². The third kappa shape index (κ3) is 4.69. The van der Waals surface area contributed by atoms with Gasteiger partial charge in [0.2, 0.25) is 0 Å². The molecule has 1 atom stereocenters. The largest absolute Gasteiger partial charge is 0.147 e. The van der Waals surface area contributed by atoms with Crippen LogP contribution in [0.1, 0.15) is 54.4 Å². The summed E-state index contributed by atoms with van der Waals surface area (Å²) in [5.74, 6) is 0. The van der Waals surface area contributed by atoms with E-state index in [1.165, 1.54) is 26.5 Å². The van der Waals surface area contributed by atoms with E-state index < -0.39 is 14.6 Å². The number of rotatable bonds is 4. The average Bonchev–Trinajstić information content (AvgIpc) is 2.93. The Balaban J connectivity index is 0.00000312. The van der Waals surface area contributed by atoms with Gasteiger partial charge in [-0.05, 0) is 0 Å². The molecular formula is C21H39Cl2SSiTi. The molecule has 0 aromatic heterocycles. The van der Waals surface area contributed by atoms with Crippen LogP contribution in [0.5, 0.6) is 0 Å². The molecule has 0 aliphatic heterocycles. The molecule has 2 aliphatic carbocycles. The van der Waals surface area contributed by atoms with Crippen molar-refractivity contribution in [3.05, 3.63) is 45.4 Å². The van der Waals surface area contributed by atoms with Crippen molar-refractivity contribution in [3.63, 3.8) is 0 Å². The third-order valence-electron chi connectivity index (χ3n) is 6.07. The van der Waals surface area contributed by atoms with Crippen molar-refractivity contribution in [2.75, 3.05) is 0 Å². The van der Waals surface area contributed by atoms with E-state index in [-0.39, 0.29) is 30.2 Å². The fourth-order valence-corrected chi connectivity index (χ4v) is 21.6. The van der Waals surface area contributed by atoms with Crippen LogP contribution in [-0.4, -0.2) is 16.4 Å². The first kappa shape index (κ1) is 26.8. The second-order valence-corrected chi connectivity index (χ2v) is 37.3. The molecule has 0 heterocycles. The number of thioether (sulfide) groups is 1. The molecule has 0 radical (unpaired) electrons. The van der Waals surface area contributed by atoms with Crippen LogP contribution >= 0.6 is 36.6 Å². The van der Waals surface area contributed by atoms with E-state index in [1.54, 1.807) is 5.57 Å². The molecule has 0 fully saturated rings. The SMILES string of the molecule is CC1=CC[C](SC(C)C)([Ti]([CH3])([CH3])([SiH3])[C]2=CC=CC2)C(C(C)(C)C)=C1.Cl.Cl. The minimum atomic E-state index is -2.84. The summed E-state index contributed by atoms with van der Waals surface area (Å²) in [6.07, 6.45) is 14.7. The van der Waals surface area contributed by atoms with E-state index in [2.05, 4.69) is 94.1 Å². The van der Waals surface area contributed by atoms with Gasteiger partial charge in [0.1, 0.15) is 0 Å². The summed E-state index contributed by atoms with van der Waals surface area (Å²) in [4.78, 5) is 0. The summed E-state index contributed by atoms with van der Waals surface area (Å²) >= 11 is -0.548. The fraction of sp³-hybridized carbons (Fsp3) is 0.619. The van der Waals surface area contributed by atoms with Crippen LogP contribution in [0.2, 0.25) is 10.5 Å². The number of hydrogen-bond donors (Lipinski definition) is 0. The van der Waals surface area contributed by atoms with Crippen molar-refractivity contribution in [3.8, 4) is 0 Å². The minimum Gasteiger partial charge on any atom is -0.147 e. The van der Waals surface area contributed by atoms with Crippen LogP contribution in [0.3, 0.4) is 0 Å². The zero-order valence-electron chi connectivity index (χ0n) is 18.1. The minimum absolute atomic E-state index is 0. The number of allylic oxidation sites excluding steroid dienone is 7. The Bertz CT molecular complexity index is 645. The first-order valence-electron chi connectivity index (χ1n) is 9.44. The summed E-state index contributed by atoms with van der Waals surface area (Å²) in [7, 11) is 1.33. The molecule has 1 unspecified atom stereocenters. The first-order valence-corrected chi connectivity index (χ1v) is 20.7. The third-order valence-corrected chi connectivity index (χ3v) is 27.7. The first-order chi connectivity index (χ1) is 10.8. The van der Waals surface area contributed by atoms with Crippen LogP contribution < -0.4 is 0 Å². The number of halogens is 2. The molecule has 0 spiro atoms. The molecule has 0 amide bonds. The van der Waals surface area contributed by atoms with Gasteiger partial charge in [0, 0.05) is 0 Å². The molecule has 0 saturated carbocycles. The summed E-state index contributed by atoms with van der Waals surface area (Å²) < 4.78 is 2.14. The van der Waals surface area contributed by atoms with Gasteiger partial charge < -0.3 is 0 Å². The van der Waals surface area contributed by atoms with Crippen LogP contribution in [0, 0.1) is 5.41 Å². The van der Waals surface area contributed by atoms with Gasteiger partial charge in [-0.25, -0.2) is 0 Å². The van der Waals surface area contributed by atoms with E-state index >= 15 is 0 Å². The van der Waals surface area contributed by atoms with Crippen molar-refractivity contribution < 1.29 is 14.6 Å². The summed E-state index contributed by atoms with van der Waals surface area (Å²) in [5, 5.41) is 6.15. The molecular weight excluding hydrogens is 431 g/mol. The van der Waals surface area contributed by atoms with Gasteiger partial charge >= 0.3 is 158 Å². The molecule has 0 aromatic rings. The van der Waals surface area contributed by atoms with E-state index in [9.17, 15) is 0 Å². The normalized spacial score (nSPS) is 24.8. The monoisotopic (exact) mass is 469 g/mol. The number of hydrogen-bond acceptors (Lipinski definition) is 1. The molecule has 26 heavy (non-hydrogen) atoms. The average molecular weight is 470 g/mol. The zero-order valence-corrected chi connectivity index (χ0v) is 24.1. The molecule has 151 valence electrons. The Labute approximate surface area is 182 Å². The van der Waals surface area contributed by atoms with Crippen molar-refractivity contribution >= 4 is 44.7 Å². The summed E-state index contributed by atoms with van der Waals surface area (Å²) in [5.41, 5.74) is 3.41. The van der Waals surface area contributed by atoms with Gasteiger partial charge in [-0.15, -0.1) is 24.8 Å². The predicted octanol–water partition coefficient (Wildman–Crippen LogP) is 6.90. The standard InChI is InChI=1S/C14H23S.C5H5.2CH3.2ClH.H3Si.Ti/c1-10(2)15-13-8-7-11(3)9-12(13)14(4,5)6;1-2-4-5-3-1;;;;;;/h7,9-10H,8H2,1-6H3;1-3H,4H2;2*1H3;2*1H;1H3;. The molecule has 5 heteroatoms. The van der Waals surface area contributed by atoms with E-state index in [0.717, 1.165) is 0 Å². The van der Waals surface area contributed by atoms with Crippen molar-refractivity contribution in [1.82, 2.24) is 0 Å². The van der Waals surface area contributed by atoms with Crippen molar-refractivity contribution in [2.24, 2.45) is 5.41 Å². The van der Waals surface area contributed by atoms with Gasteiger partial charge in [0.15, 0.2) is 0 Å². The van der Waals surface area contributed by atoms with Gasteiger partial charge in [-0.2, -0.15) is 0 Å².